The molecule has 0 bridgehead atoms. The average Bonchev–Trinajstić information content (AvgIpc) is 2.30. The number of nitrogens with one attached hydrogen (secondary N) is 1. The van der Waals surface area contributed by atoms with Crippen LogP contribution in [0.4, 0.5) is 0 Å². The summed E-state index contributed by atoms with van der Waals surface area (Å²) >= 11 is 3.52. The predicted molar refractivity (Wildman–Crippen MR) is 66.7 cm³/mol. The van der Waals surface area contributed by atoms with Crippen LogP contribution in [0.25, 0.3) is 0 Å². The molecular formula is C12H16BrNO2. The minimum Gasteiger partial charge on any atom is -0.497 e. The van der Waals surface area contributed by atoms with E-state index in [0.717, 1.165) is 35.2 Å². The molecule has 2 atom stereocenters. The zero-order valence-electron chi connectivity index (χ0n) is 9.24. The molecule has 1 fully saturated rings. The van der Waals surface area contributed by atoms with Crippen LogP contribution in [0.5, 0.6) is 5.75 Å². The van der Waals surface area contributed by atoms with Crippen LogP contribution >= 0.6 is 15.9 Å². The number of aliphatic hydroxyl groups is 1. The zero-order chi connectivity index (χ0) is 11.5. The maximum Gasteiger partial charge on any atom is 0.120 e. The summed E-state index contributed by atoms with van der Waals surface area (Å²) in [7, 11) is 1.65. The fourth-order valence-electron chi connectivity index (χ4n) is 2.08. The summed E-state index contributed by atoms with van der Waals surface area (Å²) < 4.78 is 6.13. The SMILES string of the molecule is COc1ccc(C2NCCCC2O)c(Br)c1. The molecule has 88 valence electrons. The Morgan fingerprint density at radius 1 is 1.50 bits per heavy atom. The van der Waals surface area contributed by atoms with Gasteiger partial charge in [0.05, 0.1) is 19.3 Å². The first kappa shape index (κ1) is 11.9. The lowest BCUT2D eigenvalue weighted by atomic mass is 9.95. The van der Waals surface area contributed by atoms with Gasteiger partial charge < -0.3 is 15.2 Å². The van der Waals surface area contributed by atoms with Crippen molar-refractivity contribution in [1.82, 2.24) is 5.32 Å². The number of halogens is 1. The first-order chi connectivity index (χ1) is 7.72. The third-order valence-electron chi connectivity index (χ3n) is 2.97. The van der Waals surface area contributed by atoms with Crippen LogP contribution in [0.3, 0.4) is 0 Å². The van der Waals surface area contributed by atoms with E-state index in [1.807, 2.05) is 18.2 Å². The van der Waals surface area contributed by atoms with E-state index in [2.05, 4.69) is 21.2 Å². The van der Waals surface area contributed by atoms with Crippen LogP contribution in [0.1, 0.15) is 24.4 Å². The molecule has 1 aromatic rings. The number of ether oxygens (including phenoxy) is 1. The van der Waals surface area contributed by atoms with Crippen LogP contribution < -0.4 is 10.1 Å². The molecule has 0 aliphatic carbocycles. The molecule has 0 radical (unpaired) electrons. The molecule has 4 heteroatoms. The molecule has 2 N–H and O–H groups in total. The molecule has 3 nitrogen and oxygen atoms in total. The van der Waals surface area contributed by atoms with Gasteiger partial charge in [-0.15, -0.1) is 0 Å². The summed E-state index contributed by atoms with van der Waals surface area (Å²) in [5.41, 5.74) is 1.09. The number of rotatable bonds is 2. The van der Waals surface area contributed by atoms with Crippen molar-refractivity contribution in [3.8, 4) is 5.75 Å². The molecule has 1 heterocycles. The second kappa shape index (κ2) is 5.17. The van der Waals surface area contributed by atoms with Crippen molar-refractivity contribution in [1.29, 1.82) is 0 Å². The Morgan fingerprint density at radius 3 is 2.94 bits per heavy atom. The summed E-state index contributed by atoms with van der Waals surface area (Å²) in [6.07, 6.45) is 1.58. The zero-order valence-corrected chi connectivity index (χ0v) is 10.8. The second-order valence-corrected chi connectivity index (χ2v) is 4.88. The van der Waals surface area contributed by atoms with E-state index in [9.17, 15) is 5.11 Å². The molecule has 1 aromatic carbocycles. The summed E-state index contributed by atoms with van der Waals surface area (Å²) in [5.74, 6) is 0.820. The summed E-state index contributed by atoms with van der Waals surface area (Å²) in [6.45, 7) is 0.959. The van der Waals surface area contributed by atoms with Crippen molar-refractivity contribution in [3.05, 3.63) is 28.2 Å². The molecule has 0 spiro atoms. The Morgan fingerprint density at radius 2 is 2.31 bits per heavy atom. The van der Waals surface area contributed by atoms with E-state index in [4.69, 9.17) is 4.74 Å². The van der Waals surface area contributed by atoms with E-state index < -0.39 is 0 Å². The smallest absolute Gasteiger partial charge is 0.120 e. The molecule has 2 rings (SSSR count). The topological polar surface area (TPSA) is 41.5 Å². The third kappa shape index (κ3) is 2.39. The molecule has 0 saturated carbocycles. The van der Waals surface area contributed by atoms with Gasteiger partial charge in [0, 0.05) is 4.47 Å². The van der Waals surface area contributed by atoms with Crippen molar-refractivity contribution < 1.29 is 9.84 Å². The quantitative estimate of drug-likeness (QED) is 0.876. The highest BCUT2D eigenvalue weighted by Gasteiger charge is 2.25. The molecule has 1 aliphatic heterocycles. The lowest BCUT2D eigenvalue weighted by Gasteiger charge is -2.30. The summed E-state index contributed by atoms with van der Waals surface area (Å²) in [6, 6.07) is 5.87. The monoisotopic (exact) mass is 285 g/mol. The fourth-order valence-corrected chi connectivity index (χ4v) is 2.68. The molecule has 2 unspecified atom stereocenters. The van der Waals surface area contributed by atoms with Gasteiger partial charge in [0.2, 0.25) is 0 Å². The van der Waals surface area contributed by atoms with Gasteiger partial charge in [-0.2, -0.15) is 0 Å². The Labute approximate surface area is 104 Å². The van der Waals surface area contributed by atoms with Crippen LogP contribution in [0, 0.1) is 0 Å². The Kier molecular flexibility index (Phi) is 3.84. The van der Waals surface area contributed by atoms with E-state index in [1.54, 1.807) is 7.11 Å². The number of hydrogen-bond acceptors (Lipinski definition) is 3. The predicted octanol–water partition coefficient (Wildman–Crippen LogP) is 2.24. The van der Waals surface area contributed by atoms with Gasteiger partial charge in [-0.3, -0.25) is 0 Å². The lowest BCUT2D eigenvalue weighted by molar-refractivity contribution is 0.0962. The highest BCUT2D eigenvalue weighted by molar-refractivity contribution is 9.10. The molecule has 0 amide bonds. The van der Waals surface area contributed by atoms with Crippen LogP contribution in [0.2, 0.25) is 0 Å². The van der Waals surface area contributed by atoms with Crippen LogP contribution in [-0.4, -0.2) is 24.9 Å². The first-order valence-electron chi connectivity index (χ1n) is 5.47. The largest absolute Gasteiger partial charge is 0.497 e. The number of aliphatic hydroxyl groups excluding tert-OH is 1. The number of piperidine rings is 1. The van der Waals surface area contributed by atoms with Crippen molar-refractivity contribution in [3.63, 3.8) is 0 Å². The van der Waals surface area contributed by atoms with E-state index in [1.165, 1.54) is 0 Å². The Hall–Kier alpha value is -0.580. The Bertz CT molecular complexity index is 370. The van der Waals surface area contributed by atoms with Gasteiger partial charge in [0.1, 0.15) is 5.75 Å². The highest BCUT2D eigenvalue weighted by atomic mass is 79.9. The van der Waals surface area contributed by atoms with Crippen LogP contribution in [-0.2, 0) is 0 Å². The lowest BCUT2D eigenvalue weighted by Crippen LogP contribution is -2.37. The summed E-state index contributed by atoms with van der Waals surface area (Å²) in [5, 5.41) is 13.3. The Balaban J connectivity index is 2.25. The second-order valence-electron chi connectivity index (χ2n) is 4.03. The average molecular weight is 286 g/mol. The van der Waals surface area contributed by atoms with E-state index in [-0.39, 0.29) is 12.1 Å². The molecular weight excluding hydrogens is 270 g/mol. The molecule has 1 aliphatic rings. The normalized spacial score (nSPS) is 25.4. The van der Waals surface area contributed by atoms with Gasteiger partial charge >= 0.3 is 0 Å². The van der Waals surface area contributed by atoms with Gasteiger partial charge in [0.15, 0.2) is 0 Å². The van der Waals surface area contributed by atoms with Gasteiger partial charge in [-0.05, 0) is 37.1 Å². The number of benzene rings is 1. The molecule has 0 aromatic heterocycles. The van der Waals surface area contributed by atoms with E-state index >= 15 is 0 Å². The van der Waals surface area contributed by atoms with Crippen molar-refractivity contribution in [2.45, 2.75) is 25.0 Å². The van der Waals surface area contributed by atoms with Crippen molar-refractivity contribution in [2.75, 3.05) is 13.7 Å². The van der Waals surface area contributed by atoms with Crippen molar-refractivity contribution in [2.24, 2.45) is 0 Å². The minimum absolute atomic E-state index is 0.0223. The maximum absolute atomic E-state index is 9.96. The standard InChI is InChI=1S/C12H16BrNO2/c1-16-8-4-5-9(10(13)7-8)12-11(15)3-2-6-14-12/h4-5,7,11-12,14-15H,2-3,6H2,1H3. The molecule has 1 saturated heterocycles. The van der Waals surface area contributed by atoms with Crippen LogP contribution in [0.15, 0.2) is 22.7 Å². The number of hydrogen-bond donors (Lipinski definition) is 2. The summed E-state index contributed by atoms with van der Waals surface area (Å²) in [4.78, 5) is 0. The third-order valence-corrected chi connectivity index (χ3v) is 3.66. The number of methoxy groups -OCH3 is 1. The van der Waals surface area contributed by atoms with Crippen molar-refractivity contribution >= 4 is 15.9 Å². The minimum atomic E-state index is -0.307. The molecule has 16 heavy (non-hydrogen) atoms. The van der Waals surface area contributed by atoms with Gasteiger partial charge in [-0.1, -0.05) is 22.0 Å². The van der Waals surface area contributed by atoms with E-state index in [0.29, 0.717) is 0 Å². The van der Waals surface area contributed by atoms with Gasteiger partial charge in [-0.25, -0.2) is 0 Å². The first-order valence-corrected chi connectivity index (χ1v) is 6.26. The highest BCUT2D eigenvalue weighted by Crippen LogP contribution is 2.31. The van der Waals surface area contributed by atoms with Gasteiger partial charge in [0.25, 0.3) is 0 Å². The maximum atomic E-state index is 9.96. The fraction of sp³-hybridized carbons (Fsp3) is 0.500.